The number of allylic oxidation sites excluding steroid dienone is 2. The first-order valence-corrected chi connectivity index (χ1v) is 5.55. The average molecular weight is 215 g/mol. The quantitative estimate of drug-likeness (QED) is 0.763. The molecule has 1 rings (SSSR count). The minimum Gasteiger partial charge on any atom is -0.402 e. The SMILES string of the molecule is C=c1cccc/c1=C(/C=C(\C)N)C(C)(C)C. The van der Waals surface area contributed by atoms with Gasteiger partial charge in [0.05, 0.1) is 0 Å². The Bertz CT molecular complexity index is 497. The van der Waals surface area contributed by atoms with Crippen LogP contribution in [0.1, 0.15) is 27.7 Å². The molecule has 0 aliphatic rings. The molecule has 1 aromatic carbocycles. The van der Waals surface area contributed by atoms with Crippen molar-refractivity contribution in [3.63, 3.8) is 0 Å². The summed E-state index contributed by atoms with van der Waals surface area (Å²) in [6.07, 6.45) is 2.05. The van der Waals surface area contributed by atoms with Crippen LogP contribution in [-0.2, 0) is 0 Å². The van der Waals surface area contributed by atoms with Crippen molar-refractivity contribution in [1.29, 1.82) is 0 Å². The molecule has 2 N–H and O–H groups in total. The van der Waals surface area contributed by atoms with E-state index in [-0.39, 0.29) is 5.41 Å². The Hall–Kier alpha value is -1.50. The molecule has 0 fully saturated rings. The maximum absolute atomic E-state index is 5.80. The summed E-state index contributed by atoms with van der Waals surface area (Å²) < 4.78 is 0. The molecule has 0 aliphatic heterocycles. The van der Waals surface area contributed by atoms with Gasteiger partial charge in [-0.1, -0.05) is 51.6 Å². The Morgan fingerprint density at radius 1 is 1.25 bits per heavy atom. The predicted molar refractivity (Wildman–Crippen MR) is 72.0 cm³/mol. The molecule has 0 spiro atoms. The Morgan fingerprint density at radius 3 is 2.25 bits per heavy atom. The number of rotatable bonds is 1. The van der Waals surface area contributed by atoms with Gasteiger partial charge < -0.3 is 5.73 Å². The molecule has 0 unspecified atom stereocenters. The fourth-order valence-electron chi connectivity index (χ4n) is 1.71. The zero-order valence-electron chi connectivity index (χ0n) is 10.7. The van der Waals surface area contributed by atoms with Crippen LogP contribution >= 0.6 is 0 Å². The van der Waals surface area contributed by atoms with Crippen molar-refractivity contribution in [3.05, 3.63) is 46.5 Å². The zero-order valence-corrected chi connectivity index (χ0v) is 10.7. The van der Waals surface area contributed by atoms with Gasteiger partial charge in [0, 0.05) is 5.70 Å². The minimum atomic E-state index is 0.0639. The third kappa shape index (κ3) is 2.99. The van der Waals surface area contributed by atoms with Gasteiger partial charge in [0.25, 0.3) is 0 Å². The van der Waals surface area contributed by atoms with Crippen LogP contribution in [0.25, 0.3) is 12.2 Å². The second-order valence-corrected chi connectivity index (χ2v) is 5.21. The molecule has 16 heavy (non-hydrogen) atoms. The lowest BCUT2D eigenvalue weighted by Crippen LogP contribution is -2.29. The summed E-state index contributed by atoms with van der Waals surface area (Å²) in [5.74, 6) is 0. The summed E-state index contributed by atoms with van der Waals surface area (Å²) >= 11 is 0. The van der Waals surface area contributed by atoms with E-state index in [2.05, 4.69) is 33.4 Å². The fourth-order valence-corrected chi connectivity index (χ4v) is 1.71. The van der Waals surface area contributed by atoms with Crippen LogP contribution in [0.3, 0.4) is 0 Å². The maximum atomic E-state index is 5.80. The van der Waals surface area contributed by atoms with Crippen molar-refractivity contribution < 1.29 is 0 Å². The third-order valence-electron chi connectivity index (χ3n) is 2.49. The first-order chi connectivity index (χ1) is 7.32. The third-order valence-corrected chi connectivity index (χ3v) is 2.49. The van der Waals surface area contributed by atoms with Gasteiger partial charge in [-0.05, 0) is 34.4 Å². The molecule has 1 heteroatoms. The van der Waals surface area contributed by atoms with E-state index in [4.69, 9.17) is 5.73 Å². The lowest BCUT2D eigenvalue weighted by molar-refractivity contribution is 0.566. The van der Waals surface area contributed by atoms with Gasteiger partial charge in [0.1, 0.15) is 0 Å². The highest BCUT2D eigenvalue weighted by atomic mass is 14.5. The first-order valence-electron chi connectivity index (χ1n) is 5.55. The highest BCUT2D eigenvalue weighted by molar-refractivity contribution is 5.62. The van der Waals surface area contributed by atoms with Crippen molar-refractivity contribution in [1.82, 2.24) is 0 Å². The van der Waals surface area contributed by atoms with Gasteiger partial charge in [-0.25, -0.2) is 0 Å². The summed E-state index contributed by atoms with van der Waals surface area (Å²) in [5.41, 5.74) is 7.92. The molecule has 0 radical (unpaired) electrons. The Kier molecular flexibility index (Phi) is 3.58. The fraction of sp³-hybridized carbons (Fsp3) is 0.333. The molecule has 0 atom stereocenters. The summed E-state index contributed by atoms with van der Waals surface area (Å²) in [7, 11) is 0. The first kappa shape index (κ1) is 12.6. The van der Waals surface area contributed by atoms with Gasteiger partial charge in [0.15, 0.2) is 0 Å². The Morgan fingerprint density at radius 2 is 1.81 bits per heavy atom. The van der Waals surface area contributed by atoms with Gasteiger partial charge in [-0.2, -0.15) is 0 Å². The number of hydrogen-bond acceptors (Lipinski definition) is 1. The molecular formula is C15H21N. The maximum Gasteiger partial charge on any atom is 0.00520 e. The monoisotopic (exact) mass is 215 g/mol. The standard InChI is InChI=1S/C15H21N/c1-11-8-6-7-9-13(11)14(10-12(2)16)15(3,4)5/h6-10H,1,16H2,2-5H3/b12-10+,14-13+. The van der Waals surface area contributed by atoms with Gasteiger partial charge in [-0.15, -0.1) is 0 Å². The van der Waals surface area contributed by atoms with Crippen LogP contribution in [0.15, 0.2) is 36.0 Å². The van der Waals surface area contributed by atoms with Gasteiger partial charge in [0.2, 0.25) is 0 Å². The van der Waals surface area contributed by atoms with E-state index in [9.17, 15) is 0 Å². The van der Waals surface area contributed by atoms with E-state index >= 15 is 0 Å². The smallest absolute Gasteiger partial charge is 0.00520 e. The summed E-state index contributed by atoms with van der Waals surface area (Å²) in [4.78, 5) is 0. The van der Waals surface area contributed by atoms with Crippen molar-refractivity contribution in [2.24, 2.45) is 11.1 Å². The lowest BCUT2D eigenvalue weighted by atomic mass is 9.84. The number of benzene rings is 1. The van der Waals surface area contributed by atoms with Crippen LogP contribution < -0.4 is 16.2 Å². The molecular weight excluding hydrogens is 194 g/mol. The van der Waals surface area contributed by atoms with Crippen LogP contribution in [-0.4, -0.2) is 0 Å². The molecule has 0 bridgehead atoms. The predicted octanol–water partition coefficient (Wildman–Crippen LogP) is 2.16. The minimum absolute atomic E-state index is 0.0639. The molecule has 0 saturated heterocycles. The van der Waals surface area contributed by atoms with Crippen molar-refractivity contribution >= 4 is 12.2 Å². The Balaban J connectivity index is 3.67. The van der Waals surface area contributed by atoms with E-state index in [0.29, 0.717) is 0 Å². The normalized spacial score (nSPS) is 14.9. The van der Waals surface area contributed by atoms with Crippen molar-refractivity contribution in [2.75, 3.05) is 0 Å². The topological polar surface area (TPSA) is 26.0 Å². The van der Waals surface area contributed by atoms with E-state index in [1.165, 1.54) is 10.8 Å². The van der Waals surface area contributed by atoms with Crippen molar-refractivity contribution in [3.8, 4) is 0 Å². The van der Waals surface area contributed by atoms with E-state index < -0.39 is 0 Å². The van der Waals surface area contributed by atoms with Crippen LogP contribution in [0.5, 0.6) is 0 Å². The second kappa shape index (κ2) is 4.56. The zero-order chi connectivity index (χ0) is 12.3. The van der Waals surface area contributed by atoms with E-state index in [1.54, 1.807) is 0 Å². The second-order valence-electron chi connectivity index (χ2n) is 5.21. The molecule has 1 nitrogen and oxygen atoms in total. The molecule has 0 aromatic heterocycles. The van der Waals surface area contributed by atoms with E-state index in [1.807, 2.05) is 31.2 Å². The van der Waals surface area contributed by atoms with Crippen LogP contribution in [0.4, 0.5) is 0 Å². The van der Waals surface area contributed by atoms with E-state index in [0.717, 1.165) is 10.9 Å². The molecule has 1 aromatic rings. The van der Waals surface area contributed by atoms with Gasteiger partial charge >= 0.3 is 0 Å². The summed E-state index contributed by atoms with van der Waals surface area (Å²) in [5, 5.41) is 2.23. The largest absolute Gasteiger partial charge is 0.402 e. The number of hydrogen-bond donors (Lipinski definition) is 1. The Labute approximate surface area is 98.0 Å². The molecule has 0 saturated carbocycles. The number of nitrogens with two attached hydrogens (primary N) is 1. The molecule has 0 amide bonds. The van der Waals surface area contributed by atoms with Crippen molar-refractivity contribution in [2.45, 2.75) is 27.7 Å². The summed E-state index contributed by atoms with van der Waals surface area (Å²) in [6.45, 7) is 12.6. The highest BCUT2D eigenvalue weighted by Gasteiger charge is 2.15. The molecule has 0 heterocycles. The van der Waals surface area contributed by atoms with Crippen LogP contribution in [0, 0.1) is 5.41 Å². The van der Waals surface area contributed by atoms with Crippen LogP contribution in [0.2, 0.25) is 0 Å². The molecule has 86 valence electrons. The highest BCUT2D eigenvalue weighted by Crippen LogP contribution is 2.26. The lowest BCUT2D eigenvalue weighted by Gasteiger charge is -2.21. The average Bonchev–Trinajstić information content (AvgIpc) is 2.13. The summed E-state index contributed by atoms with van der Waals surface area (Å²) in [6, 6.07) is 8.17. The van der Waals surface area contributed by atoms with Gasteiger partial charge in [-0.3, -0.25) is 0 Å². The molecule has 0 aliphatic carbocycles.